The van der Waals surface area contributed by atoms with Crippen LogP contribution < -0.4 is 0 Å². The molecule has 0 radical (unpaired) electrons. The Kier molecular flexibility index (Phi) is 1.90. The summed E-state index contributed by atoms with van der Waals surface area (Å²) in [7, 11) is 0. The number of phenols is 1. The van der Waals surface area contributed by atoms with Crippen molar-refractivity contribution in [3.05, 3.63) is 23.3 Å². The lowest BCUT2D eigenvalue weighted by Gasteiger charge is -2.03. The molecule has 1 aromatic rings. The molecular weight excluding hydrogens is 144 g/mol. The van der Waals surface area contributed by atoms with Crippen LogP contribution >= 0.6 is 12.6 Å². The number of hydrogen-bond donors (Lipinski definition) is 2. The van der Waals surface area contributed by atoms with Gasteiger partial charge in [0, 0.05) is 10.5 Å². The molecule has 0 amide bonds. The lowest BCUT2D eigenvalue weighted by molar-refractivity contribution is 0.469. The molecule has 0 aliphatic rings. The van der Waals surface area contributed by atoms with E-state index >= 15 is 0 Å². The summed E-state index contributed by atoms with van der Waals surface area (Å²) in [6.07, 6.45) is 0. The van der Waals surface area contributed by atoms with Crippen molar-refractivity contribution >= 4 is 12.6 Å². The second-order valence-electron chi connectivity index (χ2n) is 2.38. The third kappa shape index (κ3) is 1.12. The SMILES string of the molecule is Cc1ccc(O)c(C)c1S. The van der Waals surface area contributed by atoms with Gasteiger partial charge in [0.25, 0.3) is 0 Å². The second-order valence-corrected chi connectivity index (χ2v) is 2.82. The molecule has 0 aliphatic heterocycles. The van der Waals surface area contributed by atoms with Gasteiger partial charge in [0.05, 0.1) is 0 Å². The van der Waals surface area contributed by atoms with Crippen molar-refractivity contribution in [2.45, 2.75) is 18.7 Å². The summed E-state index contributed by atoms with van der Waals surface area (Å²) < 4.78 is 0. The van der Waals surface area contributed by atoms with Gasteiger partial charge in [0.2, 0.25) is 0 Å². The number of aryl methyl sites for hydroxylation is 1. The summed E-state index contributed by atoms with van der Waals surface area (Å²) in [4.78, 5) is 0.875. The highest BCUT2D eigenvalue weighted by molar-refractivity contribution is 7.80. The Hall–Kier alpha value is -0.630. The van der Waals surface area contributed by atoms with Crippen molar-refractivity contribution in [2.24, 2.45) is 0 Å². The topological polar surface area (TPSA) is 20.2 Å². The maximum absolute atomic E-state index is 9.18. The molecule has 1 N–H and O–H groups in total. The molecule has 0 bridgehead atoms. The third-order valence-electron chi connectivity index (χ3n) is 1.60. The van der Waals surface area contributed by atoms with Crippen LogP contribution in [-0.2, 0) is 0 Å². The Labute approximate surface area is 66.1 Å². The molecule has 0 heterocycles. The standard InChI is InChI=1S/C8H10OS/c1-5-3-4-7(9)6(2)8(5)10/h3-4,9-10H,1-2H3. The first kappa shape index (κ1) is 7.48. The third-order valence-corrected chi connectivity index (χ3v) is 2.29. The summed E-state index contributed by atoms with van der Waals surface area (Å²) in [6.45, 7) is 3.82. The van der Waals surface area contributed by atoms with E-state index in [-0.39, 0.29) is 0 Å². The minimum Gasteiger partial charge on any atom is -0.508 e. The average Bonchev–Trinajstić information content (AvgIpc) is 1.93. The number of thiol groups is 1. The Morgan fingerprint density at radius 2 is 1.90 bits per heavy atom. The van der Waals surface area contributed by atoms with Gasteiger partial charge in [-0.25, -0.2) is 0 Å². The molecule has 2 heteroatoms. The second kappa shape index (κ2) is 2.54. The van der Waals surface area contributed by atoms with Gasteiger partial charge in [-0.15, -0.1) is 12.6 Å². The van der Waals surface area contributed by atoms with E-state index in [9.17, 15) is 5.11 Å². The summed E-state index contributed by atoms with van der Waals surface area (Å²) in [5.41, 5.74) is 1.95. The van der Waals surface area contributed by atoms with Gasteiger partial charge >= 0.3 is 0 Å². The lowest BCUT2D eigenvalue weighted by Crippen LogP contribution is -1.81. The molecule has 0 spiro atoms. The smallest absolute Gasteiger partial charge is 0.119 e. The van der Waals surface area contributed by atoms with Crippen LogP contribution in [0.25, 0.3) is 0 Å². The summed E-state index contributed by atoms with van der Waals surface area (Å²) in [5, 5.41) is 9.18. The van der Waals surface area contributed by atoms with Crippen molar-refractivity contribution in [1.82, 2.24) is 0 Å². The molecule has 0 saturated carbocycles. The highest BCUT2D eigenvalue weighted by Gasteiger charge is 2.00. The highest BCUT2D eigenvalue weighted by atomic mass is 32.1. The molecule has 54 valence electrons. The molecule has 10 heavy (non-hydrogen) atoms. The first-order valence-corrected chi connectivity index (χ1v) is 3.56. The maximum atomic E-state index is 9.18. The Bertz CT molecular complexity index is 229. The van der Waals surface area contributed by atoms with Gasteiger partial charge < -0.3 is 5.11 Å². The van der Waals surface area contributed by atoms with Crippen molar-refractivity contribution in [2.75, 3.05) is 0 Å². The molecule has 1 rings (SSSR count). The normalized spacial score (nSPS) is 9.90. The van der Waals surface area contributed by atoms with Gasteiger partial charge in [-0.1, -0.05) is 6.07 Å². The van der Waals surface area contributed by atoms with E-state index in [0.717, 1.165) is 16.0 Å². The molecular formula is C8H10OS. The molecule has 0 atom stereocenters. The molecule has 0 aliphatic carbocycles. The fourth-order valence-corrected chi connectivity index (χ4v) is 1.01. The minimum absolute atomic E-state index is 0.315. The first-order valence-electron chi connectivity index (χ1n) is 3.11. The molecule has 1 nitrogen and oxygen atoms in total. The van der Waals surface area contributed by atoms with Crippen molar-refractivity contribution in [3.63, 3.8) is 0 Å². The Morgan fingerprint density at radius 1 is 1.30 bits per heavy atom. The van der Waals surface area contributed by atoms with Crippen molar-refractivity contribution in [1.29, 1.82) is 0 Å². The van der Waals surface area contributed by atoms with Gasteiger partial charge in [0.15, 0.2) is 0 Å². The van der Waals surface area contributed by atoms with Crippen LogP contribution in [0.4, 0.5) is 0 Å². The fourth-order valence-electron chi connectivity index (χ4n) is 0.825. The lowest BCUT2D eigenvalue weighted by atomic mass is 10.1. The number of hydrogen-bond acceptors (Lipinski definition) is 2. The molecule has 0 unspecified atom stereocenters. The highest BCUT2D eigenvalue weighted by Crippen LogP contribution is 2.25. The van der Waals surface area contributed by atoms with Gasteiger partial charge in [-0.2, -0.15) is 0 Å². The number of aromatic hydroxyl groups is 1. The first-order chi connectivity index (χ1) is 4.63. The van der Waals surface area contributed by atoms with E-state index < -0.39 is 0 Å². The molecule has 0 fully saturated rings. The van der Waals surface area contributed by atoms with Crippen LogP contribution in [0.15, 0.2) is 17.0 Å². The molecule has 1 aromatic carbocycles. The summed E-state index contributed by atoms with van der Waals surface area (Å²) in [5.74, 6) is 0.315. The van der Waals surface area contributed by atoms with Gasteiger partial charge in [-0.3, -0.25) is 0 Å². The van der Waals surface area contributed by atoms with Crippen molar-refractivity contribution in [3.8, 4) is 5.75 Å². The number of rotatable bonds is 0. The van der Waals surface area contributed by atoms with Crippen LogP contribution in [0.3, 0.4) is 0 Å². The van der Waals surface area contributed by atoms with Crippen LogP contribution in [0, 0.1) is 13.8 Å². The average molecular weight is 154 g/mol. The molecule has 0 saturated heterocycles. The number of phenolic OH excluding ortho intramolecular Hbond substituents is 1. The largest absolute Gasteiger partial charge is 0.508 e. The zero-order valence-corrected chi connectivity index (χ0v) is 6.94. The van der Waals surface area contributed by atoms with E-state index in [1.807, 2.05) is 19.9 Å². The van der Waals surface area contributed by atoms with Crippen molar-refractivity contribution < 1.29 is 5.11 Å². The van der Waals surface area contributed by atoms with E-state index in [4.69, 9.17) is 0 Å². The van der Waals surface area contributed by atoms with E-state index in [1.54, 1.807) is 6.07 Å². The van der Waals surface area contributed by atoms with Crippen LogP contribution in [-0.4, -0.2) is 5.11 Å². The number of benzene rings is 1. The zero-order chi connectivity index (χ0) is 7.72. The fraction of sp³-hybridized carbons (Fsp3) is 0.250. The predicted octanol–water partition coefficient (Wildman–Crippen LogP) is 2.30. The van der Waals surface area contributed by atoms with Crippen LogP contribution in [0.2, 0.25) is 0 Å². The van der Waals surface area contributed by atoms with E-state index in [1.165, 1.54) is 0 Å². The minimum atomic E-state index is 0.315. The van der Waals surface area contributed by atoms with E-state index in [0.29, 0.717) is 5.75 Å². The summed E-state index contributed by atoms with van der Waals surface area (Å²) in [6, 6.07) is 3.54. The monoisotopic (exact) mass is 154 g/mol. The van der Waals surface area contributed by atoms with E-state index in [2.05, 4.69) is 12.6 Å². The molecule has 0 aromatic heterocycles. The van der Waals surface area contributed by atoms with Gasteiger partial charge in [-0.05, 0) is 25.5 Å². The van der Waals surface area contributed by atoms with Crippen LogP contribution in [0.5, 0.6) is 5.75 Å². The van der Waals surface area contributed by atoms with Crippen LogP contribution in [0.1, 0.15) is 11.1 Å². The maximum Gasteiger partial charge on any atom is 0.119 e. The predicted molar refractivity (Wildman–Crippen MR) is 44.8 cm³/mol. The Balaban J connectivity index is 3.34. The quantitative estimate of drug-likeness (QED) is 0.549. The Morgan fingerprint density at radius 3 is 2.40 bits per heavy atom. The van der Waals surface area contributed by atoms with Gasteiger partial charge in [0.1, 0.15) is 5.75 Å². The summed E-state index contributed by atoms with van der Waals surface area (Å²) >= 11 is 4.22. The zero-order valence-electron chi connectivity index (χ0n) is 6.05.